The molecule has 0 atom stereocenters. The highest BCUT2D eigenvalue weighted by Gasteiger charge is 2.14. The lowest BCUT2D eigenvalue weighted by atomic mass is 10.1. The average molecular weight is 359 g/mol. The van der Waals surface area contributed by atoms with Crippen LogP contribution < -0.4 is 11.0 Å². The standard InChI is InChI=1S/C17H12ClFN4O2/c1-9(11-7-6-10(19)8-14(11)18)20-23-17(25)15-12-4-2-3-5-13(12)16(24)22-21-15/h2-8H,1H3,(H,22,24)(H,23,25)/b20-9-. The number of aromatic nitrogens is 2. The highest BCUT2D eigenvalue weighted by Crippen LogP contribution is 2.18. The molecule has 0 saturated heterocycles. The maximum atomic E-state index is 13.1. The molecule has 0 saturated carbocycles. The summed E-state index contributed by atoms with van der Waals surface area (Å²) in [4.78, 5) is 24.1. The minimum Gasteiger partial charge on any atom is -0.267 e. The summed E-state index contributed by atoms with van der Waals surface area (Å²) in [6.45, 7) is 1.62. The minimum absolute atomic E-state index is 0.0388. The van der Waals surface area contributed by atoms with Gasteiger partial charge in [0.25, 0.3) is 11.5 Å². The lowest BCUT2D eigenvalue weighted by molar-refractivity contribution is 0.0950. The van der Waals surface area contributed by atoms with Gasteiger partial charge in [0.1, 0.15) is 5.82 Å². The van der Waals surface area contributed by atoms with Crippen molar-refractivity contribution in [3.05, 3.63) is 74.9 Å². The van der Waals surface area contributed by atoms with Crippen LogP contribution in [0, 0.1) is 5.82 Å². The number of fused-ring (bicyclic) bond motifs is 1. The summed E-state index contributed by atoms with van der Waals surface area (Å²) in [5.41, 5.74) is 2.90. The second-order valence-electron chi connectivity index (χ2n) is 5.21. The molecule has 0 aliphatic carbocycles. The van der Waals surface area contributed by atoms with Crippen LogP contribution in [0.2, 0.25) is 5.02 Å². The highest BCUT2D eigenvalue weighted by atomic mass is 35.5. The number of amides is 1. The van der Waals surface area contributed by atoms with E-state index in [9.17, 15) is 14.0 Å². The Kier molecular flexibility index (Phi) is 4.58. The van der Waals surface area contributed by atoms with Crippen LogP contribution in [0.15, 0.2) is 52.4 Å². The van der Waals surface area contributed by atoms with E-state index in [2.05, 4.69) is 20.7 Å². The molecule has 1 aromatic heterocycles. The molecule has 0 spiro atoms. The van der Waals surface area contributed by atoms with Crippen molar-refractivity contribution in [1.82, 2.24) is 15.6 Å². The van der Waals surface area contributed by atoms with Gasteiger partial charge in [0.15, 0.2) is 5.69 Å². The third kappa shape index (κ3) is 3.41. The van der Waals surface area contributed by atoms with Crippen molar-refractivity contribution >= 4 is 34.0 Å². The number of carbonyl (C=O) groups excluding carboxylic acids is 1. The van der Waals surface area contributed by atoms with Crippen molar-refractivity contribution in [2.45, 2.75) is 6.92 Å². The van der Waals surface area contributed by atoms with E-state index < -0.39 is 11.7 Å². The molecular formula is C17H12ClFN4O2. The summed E-state index contributed by atoms with van der Waals surface area (Å²) in [5, 5.41) is 11.0. The van der Waals surface area contributed by atoms with Gasteiger partial charge >= 0.3 is 0 Å². The van der Waals surface area contributed by atoms with Gasteiger partial charge in [0, 0.05) is 10.9 Å². The van der Waals surface area contributed by atoms with Crippen molar-refractivity contribution in [1.29, 1.82) is 0 Å². The second kappa shape index (κ2) is 6.82. The molecule has 0 aliphatic rings. The van der Waals surface area contributed by atoms with E-state index in [0.29, 0.717) is 22.0 Å². The third-order valence-electron chi connectivity index (χ3n) is 3.56. The predicted octanol–water partition coefficient (Wildman–Crippen LogP) is 2.87. The number of nitrogens with one attached hydrogen (secondary N) is 2. The first kappa shape index (κ1) is 16.8. The monoisotopic (exact) mass is 358 g/mol. The van der Waals surface area contributed by atoms with Crippen LogP contribution in [0.25, 0.3) is 10.8 Å². The first-order chi connectivity index (χ1) is 12.0. The quantitative estimate of drug-likeness (QED) is 0.557. The molecule has 1 amide bonds. The van der Waals surface area contributed by atoms with Crippen LogP contribution in [0.1, 0.15) is 23.0 Å². The fourth-order valence-electron chi connectivity index (χ4n) is 2.32. The first-order valence-electron chi connectivity index (χ1n) is 7.25. The number of H-pyrrole nitrogens is 1. The maximum absolute atomic E-state index is 13.1. The zero-order valence-corrected chi connectivity index (χ0v) is 13.8. The van der Waals surface area contributed by atoms with E-state index in [1.165, 1.54) is 12.1 Å². The van der Waals surface area contributed by atoms with Gasteiger partial charge < -0.3 is 0 Å². The molecule has 25 heavy (non-hydrogen) atoms. The Labute approximate surface area is 146 Å². The molecule has 2 N–H and O–H groups in total. The summed E-state index contributed by atoms with van der Waals surface area (Å²) in [6.07, 6.45) is 0. The van der Waals surface area contributed by atoms with Crippen molar-refractivity contribution in [2.24, 2.45) is 5.10 Å². The van der Waals surface area contributed by atoms with Crippen LogP contribution in [0.4, 0.5) is 4.39 Å². The number of hydrogen-bond acceptors (Lipinski definition) is 4. The molecule has 0 radical (unpaired) electrons. The average Bonchev–Trinajstić information content (AvgIpc) is 2.60. The zero-order chi connectivity index (χ0) is 18.0. The number of halogens is 2. The Bertz CT molecular complexity index is 1060. The minimum atomic E-state index is -0.593. The number of nitrogens with zero attached hydrogens (tertiary/aromatic N) is 2. The molecule has 3 aromatic rings. The molecule has 2 aromatic carbocycles. The van der Waals surface area contributed by atoms with Crippen molar-refractivity contribution in [3.8, 4) is 0 Å². The van der Waals surface area contributed by atoms with E-state index in [1.807, 2.05) is 0 Å². The molecule has 0 fully saturated rings. The number of carbonyl (C=O) groups is 1. The van der Waals surface area contributed by atoms with E-state index in [4.69, 9.17) is 11.6 Å². The molecule has 1 heterocycles. The number of hydrazone groups is 1. The van der Waals surface area contributed by atoms with Crippen molar-refractivity contribution in [3.63, 3.8) is 0 Å². The highest BCUT2D eigenvalue weighted by molar-refractivity contribution is 6.34. The van der Waals surface area contributed by atoms with Gasteiger partial charge in [-0.2, -0.15) is 10.2 Å². The lowest BCUT2D eigenvalue weighted by Crippen LogP contribution is -2.23. The molecule has 0 bridgehead atoms. The summed E-state index contributed by atoms with van der Waals surface area (Å²) >= 11 is 5.97. The molecule has 126 valence electrons. The summed E-state index contributed by atoms with van der Waals surface area (Å²) in [6, 6.07) is 10.5. The smallest absolute Gasteiger partial charge is 0.267 e. The van der Waals surface area contributed by atoms with Crippen LogP contribution in [0.5, 0.6) is 0 Å². The molecule has 3 rings (SSSR count). The van der Waals surface area contributed by atoms with Gasteiger partial charge in [-0.05, 0) is 31.2 Å². The summed E-state index contributed by atoms with van der Waals surface area (Å²) in [7, 11) is 0. The van der Waals surface area contributed by atoms with Gasteiger partial charge in [0.05, 0.1) is 16.1 Å². The Morgan fingerprint density at radius 3 is 2.68 bits per heavy atom. The topological polar surface area (TPSA) is 87.2 Å². The van der Waals surface area contributed by atoms with Crippen LogP contribution >= 0.6 is 11.6 Å². The summed E-state index contributed by atoms with van der Waals surface area (Å²) < 4.78 is 13.1. The third-order valence-corrected chi connectivity index (χ3v) is 3.87. The normalized spacial score (nSPS) is 11.6. The Morgan fingerprint density at radius 1 is 1.24 bits per heavy atom. The fourth-order valence-corrected chi connectivity index (χ4v) is 2.62. The fraction of sp³-hybridized carbons (Fsp3) is 0.0588. The van der Waals surface area contributed by atoms with E-state index in [0.717, 1.165) is 6.07 Å². The van der Waals surface area contributed by atoms with Crippen LogP contribution in [-0.2, 0) is 0 Å². The van der Waals surface area contributed by atoms with E-state index in [1.54, 1.807) is 31.2 Å². The van der Waals surface area contributed by atoms with E-state index in [-0.39, 0.29) is 16.3 Å². The van der Waals surface area contributed by atoms with Gasteiger partial charge in [-0.1, -0.05) is 29.8 Å². The SMILES string of the molecule is C/C(=N/NC(=O)c1n[nH]c(=O)c2ccccc12)c1ccc(F)cc1Cl. The Balaban J connectivity index is 1.90. The van der Waals surface area contributed by atoms with Gasteiger partial charge in [0.2, 0.25) is 0 Å². The lowest BCUT2D eigenvalue weighted by Gasteiger charge is -2.06. The maximum Gasteiger partial charge on any atom is 0.292 e. The predicted molar refractivity (Wildman–Crippen MR) is 93.5 cm³/mol. The van der Waals surface area contributed by atoms with Gasteiger partial charge in [-0.3, -0.25) is 9.59 Å². The molecular weight excluding hydrogens is 347 g/mol. The van der Waals surface area contributed by atoms with E-state index >= 15 is 0 Å². The Hall–Kier alpha value is -3.06. The number of aromatic amines is 1. The van der Waals surface area contributed by atoms with Crippen LogP contribution in [0.3, 0.4) is 0 Å². The molecule has 0 aliphatic heterocycles. The van der Waals surface area contributed by atoms with Crippen molar-refractivity contribution in [2.75, 3.05) is 0 Å². The van der Waals surface area contributed by atoms with Gasteiger partial charge in [-0.25, -0.2) is 14.9 Å². The zero-order valence-electron chi connectivity index (χ0n) is 13.0. The number of hydrogen-bond donors (Lipinski definition) is 2. The molecule has 0 unspecified atom stereocenters. The number of benzene rings is 2. The van der Waals surface area contributed by atoms with Crippen LogP contribution in [-0.4, -0.2) is 21.8 Å². The molecule has 8 heteroatoms. The van der Waals surface area contributed by atoms with Gasteiger partial charge in [-0.15, -0.1) is 0 Å². The largest absolute Gasteiger partial charge is 0.292 e. The Morgan fingerprint density at radius 2 is 1.96 bits per heavy atom. The second-order valence-corrected chi connectivity index (χ2v) is 5.62. The summed E-state index contributed by atoms with van der Waals surface area (Å²) in [5.74, 6) is -1.06. The first-order valence-corrected chi connectivity index (χ1v) is 7.62. The molecule has 6 nitrogen and oxygen atoms in total. The van der Waals surface area contributed by atoms with Crippen molar-refractivity contribution < 1.29 is 9.18 Å². The number of rotatable bonds is 3.